The van der Waals surface area contributed by atoms with Gasteiger partial charge in [0.25, 0.3) is 0 Å². The number of alkyl halides is 5. The Morgan fingerprint density at radius 1 is 1.00 bits per heavy atom. The summed E-state index contributed by atoms with van der Waals surface area (Å²) in [5.74, 6) is -7.85. The Hall–Kier alpha value is -2.19. The maximum atomic E-state index is 12.9. The molecule has 0 aliphatic heterocycles. The average molecular weight is 280 g/mol. The summed E-state index contributed by atoms with van der Waals surface area (Å²) in [6, 6.07) is 2.61. The molecule has 0 saturated carbocycles. The number of carbonyl (C=O) groups is 1. The van der Waals surface area contributed by atoms with Crippen molar-refractivity contribution < 1.29 is 26.7 Å². The highest BCUT2D eigenvalue weighted by Gasteiger charge is 2.63. The fourth-order valence-electron chi connectivity index (χ4n) is 1.48. The second kappa shape index (κ2) is 3.90. The molecule has 0 fully saturated rings. The van der Waals surface area contributed by atoms with Gasteiger partial charge < -0.3 is 9.97 Å². The van der Waals surface area contributed by atoms with Crippen LogP contribution in [0.15, 0.2) is 23.0 Å². The van der Waals surface area contributed by atoms with E-state index >= 15 is 0 Å². The molecule has 1 aromatic carbocycles. The van der Waals surface area contributed by atoms with E-state index in [9.17, 15) is 31.5 Å². The molecule has 0 spiro atoms. The van der Waals surface area contributed by atoms with Crippen molar-refractivity contribution in [3.05, 3.63) is 34.2 Å². The van der Waals surface area contributed by atoms with E-state index in [4.69, 9.17) is 0 Å². The third-order valence-electron chi connectivity index (χ3n) is 2.42. The number of carbonyl (C=O) groups excluding carboxylic acids is 1. The Morgan fingerprint density at radius 2 is 1.58 bits per heavy atom. The maximum absolute atomic E-state index is 12.9. The van der Waals surface area contributed by atoms with Crippen LogP contribution in [0.25, 0.3) is 11.0 Å². The molecule has 0 aliphatic rings. The Labute approximate surface area is 101 Å². The lowest BCUT2D eigenvalue weighted by Gasteiger charge is -2.17. The Morgan fingerprint density at radius 3 is 2.16 bits per heavy atom. The van der Waals surface area contributed by atoms with Crippen molar-refractivity contribution >= 4 is 16.8 Å². The van der Waals surface area contributed by atoms with E-state index in [2.05, 4.69) is 9.97 Å². The Balaban J connectivity index is 2.50. The maximum Gasteiger partial charge on any atom is 0.461 e. The van der Waals surface area contributed by atoms with Crippen molar-refractivity contribution in [1.29, 1.82) is 0 Å². The third-order valence-corrected chi connectivity index (χ3v) is 2.42. The van der Waals surface area contributed by atoms with Crippen molar-refractivity contribution in [3.63, 3.8) is 0 Å². The second-order valence-corrected chi connectivity index (χ2v) is 3.74. The largest absolute Gasteiger partial charge is 0.461 e. The van der Waals surface area contributed by atoms with E-state index in [0.29, 0.717) is 0 Å². The number of ketones is 1. The van der Waals surface area contributed by atoms with Gasteiger partial charge in [-0.1, -0.05) is 0 Å². The molecule has 0 bridgehead atoms. The van der Waals surface area contributed by atoms with Crippen LogP contribution in [0.5, 0.6) is 0 Å². The molecule has 0 atom stereocenters. The topological polar surface area (TPSA) is 65.7 Å². The van der Waals surface area contributed by atoms with E-state index in [-0.39, 0.29) is 11.0 Å². The number of benzene rings is 1. The van der Waals surface area contributed by atoms with Crippen LogP contribution in [0.4, 0.5) is 22.0 Å². The number of hydrogen-bond acceptors (Lipinski definition) is 2. The molecule has 0 radical (unpaired) electrons. The van der Waals surface area contributed by atoms with Crippen molar-refractivity contribution in [1.82, 2.24) is 9.97 Å². The molecule has 2 rings (SSSR count). The fourth-order valence-corrected chi connectivity index (χ4v) is 1.48. The second-order valence-electron chi connectivity index (χ2n) is 3.74. The zero-order chi connectivity index (χ0) is 14.4. The smallest absolute Gasteiger partial charge is 0.306 e. The molecule has 0 saturated heterocycles. The summed E-state index contributed by atoms with van der Waals surface area (Å²) in [6.07, 6.45) is -5.97. The number of hydrogen-bond donors (Lipinski definition) is 2. The quantitative estimate of drug-likeness (QED) is 0.654. The molecule has 2 aromatic rings. The fraction of sp³-hybridized carbons (Fsp3) is 0.200. The minimum absolute atomic E-state index is 0.0335. The van der Waals surface area contributed by atoms with E-state index in [1.807, 2.05) is 0 Å². The van der Waals surface area contributed by atoms with Gasteiger partial charge in [0.05, 0.1) is 11.0 Å². The number of halogens is 5. The highest BCUT2D eigenvalue weighted by molar-refractivity contribution is 6.03. The highest BCUT2D eigenvalue weighted by atomic mass is 19.4. The summed E-state index contributed by atoms with van der Waals surface area (Å²) < 4.78 is 61.9. The first-order valence-corrected chi connectivity index (χ1v) is 4.84. The van der Waals surface area contributed by atoms with E-state index in [1.165, 1.54) is 0 Å². The van der Waals surface area contributed by atoms with E-state index in [0.717, 1.165) is 18.2 Å². The van der Waals surface area contributed by atoms with Gasteiger partial charge in [0.1, 0.15) is 0 Å². The van der Waals surface area contributed by atoms with Gasteiger partial charge in [-0.3, -0.25) is 4.79 Å². The van der Waals surface area contributed by atoms with Crippen LogP contribution in [0.2, 0.25) is 0 Å². The number of H-pyrrole nitrogens is 2. The van der Waals surface area contributed by atoms with Crippen molar-refractivity contribution in [2.24, 2.45) is 0 Å². The van der Waals surface area contributed by atoms with Gasteiger partial charge in [-0.25, -0.2) is 4.79 Å². The first-order valence-electron chi connectivity index (χ1n) is 4.84. The molecule has 9 heteroatoms. The SMILES string of the molecule is O=C(c1ccc2[nH]c(=O)[nH]c2c1)C(F)(F)C(F)(F)F. The average Bonchev–Trinajstić information content (AvgIpc) is 2.65. The minimum Gasteiger partial charge on any atom is -0.306 e. The molecule has 0 unspecified atom stereocenters. The molecule has 19 heavy (non-hydrogen) atoms. The number of imidazole rings is 1. The predicted molar refractivity (Wildman–Crippen MR) is 54.3 cm³/mol. The summed E-state index contributed by atoms with van der Waals surface area (Å²) in [5.41, 5.74) is -1.35. The molecule has 102 valence electrons. The van der Waals surface area contributed by atoms with Gasteiger partial charge in [0.2, 0.25) is 5.78 Å². The monoisotopic (exact) mass is 280 g/mol. The lowest BCUT2D eigenvalue weighted by Crippen LogP contribution is -2.44. The highest BCUT2D eigenvalue weighted by Crippen LogP contribution is 2.38. The van der Waals surface area contributed by atoms with E-state index < -0.39 is 29.1 Å². The summed E-state index contributed by atoms with van der Waals surface area (Å²) in [7, 11) is 0. The van der Waals surface area contributed by atoms with Crippen LogP contribution in [0, 0.1) is 0 Å². The lowest BCUT2D eigenvalue weighted by atomic mass is 10.0. The first kappa shape index (κ1) is 13.2. The Kier molecular flexibility index (Phi) is 2.72. The number of rotatable bonds is 2. The van der Waals surface area contributed by atoms with Crippen molar-refractivity contribution in [3.8, 4) is 0 Å². The van der Waals surface area contributed by atoms with Crippen LogP contribution in [0.1, 0.15) is 10.4 Å². The number of aromatic nitrogens is 2. The van der Waals surface area contributed by atoms with Gasteiger partial charge >= 0.3 is 17.8 Å². The number of nitrogens with one attached hydrogen (secondary N) is 2. The molecule has 2 N–H and O–H groups in total. The third kappa shape index (κ3) is 2.11. The van der Waals surface area contributed by atoms with Crippen LogP contribution in [-0.2, 0) is 0 Å². The van der Waals surface area contributed by atoms with Crippen LogP contribution < -0.4 is 5.69 Å². The lowest BCUT2D eigenvalue weighted by molar-refractivity contribution is -0.255. The van der Waals surface area contributed by atoms with Gasteiger partial charge in [-0.05, 0) is 18.2 Å². The normalized spacial score (nSPS) is 12.9. The number of fused-ring (bicyclic) bond motifs is 1. The van der Waals surface area contributed by atoms with Gasteiger partial charge in [-0.15, -0.1) is 0 Å². The molecule has 4 nitrogen and oxygen atoms in total. The standard InChI is InChI=1S/C10H5F5N2O2/c11-9(12,10(13,14)15)7(18)4-1-2-5-6(3-4)17-8(19)16-5/h1-3H,(H2,16,17,19). The summed E-state index contributed by atoms with van der Waals surface area (Å²) in [4.78, 5) is 26.5. The molecule has 1 aromatic heterocycles. The molecular formula is C10H5F5N2O2. The molecule has 1 heterocycles. The van der Waals surface area contributed by atoms with Gasteiger partial charge in [0, 0.05) is 5.56 Å². The van der Waals surface area contributed by atoms with Crippen LogP contribution in [0.3, 0.4) is 0 Å². The van der Waals surface area contributed by atoms with Crippen molar-refractivity contribution in [2.45, 2.75) is 12.1 Å². The number of Topliss-reactive ketones (excluding diaryl/α,β-unsaturated/α-hetero) is 1. The molecular weight excluding hydrogens is 275 g/mol. The molecule has 0 aliphatic carbocycles. The van der Waals surface area contributed by atoms with Crippen LogP contribution in [-0.4, -0.2) is 27.9 Å². The summed E-state index contributed by atoms with van der Waals surface area (Å²) >= 11 is 0. The van der Waals surface area contributed by atoms with Crippen molar-refractivity contribution in [2.75, 3.05) is 0 Å². The zero-order valence-corrected chi connectivity index (χ0v) is 8.94. The van der Waals surface area contributed by atoms with Gasteiger partial charge in [-0.2, -0.15) is 22.0 Å². The van der Waals surface area contributed by atoms with Crippen LogP contribution >= 0.6 is 0 Å². The zero-order valence-electron chi connectivity index (χ0n) is 8.94. The first-order chi connectivity index (χ1) is 8.63. The summed E-state index contributed by atoms with van der Waals surface area (Å²) in [6.45, 7) is 0. The summed E-state index contributed by atoms with van der Waals surface area (Å²) in [5, 5.41) is 0. The predicted octanol–water partition coefficient (Wildman–Crippen LogP) is 2.24. The van der Waals surface area contributed by atoms with Gasteiger partial charge in [0.15, 0.2) is 0 Å². The minimum atomic E-state index is -5.97. The molecule has 0 amide bonds. The Bertz CT molecular complexity index is 698. The van der Waals surface area contributed by atoms with E-state index in [1.54, 1.807) is 0 Å². The number of aromatic amines is 2.